The Morgan fingerprint density at radius 1 is 0.889 bits per heavy atom. The van der Waals surface area contributed by atoms with E-state index in [2.05, 4.69) is 10.0 Å². The fourth-order valence-electron chi connectivity index (χ4n) is 3.54. The lowest BCUT2D eigenvalue weighted by Gasteiger charge is -2.24. The molecule has 0 saturated heterocycles. The van der Waals surface area contributed by atoms with Crippen LogP contribution in [-0.2, 0) is 27.7 Å². The van der Waals surface area contributed by atoms with Gasteiger partial charge in [0.25, 0.3) is 5.91 Å². The quantitative estimate of drug-likeness (QED) is 0.399. The van der Waals surface area contributed by atoms with E-state index in [-0.39, 0.29) is 29.1 Å². The molecule has 0 fully saturated rings. The average Bonchev–Trinajstić information content (AvgIpc) is 2.84. The summed E-state index contributed by atoms with van der Waals surface area (Å²) in [6.07, 6.45) is 0.926. The average molecular weight is 511 g/mol. The second kappa shape index (κ2) is 11.6. The predicted octanol–water partition coefficient (Wildman–Crippen LogP) is 4.45. The molecule has 0 aliphatic rings. The first-order valence-corrected chi connectivity index (χ1v) is 13.2. The summed E-state index contributed by atoms with van der Waals surface area (Å²) in [5.74, 6) is -1.16. The highest BCUT2D eigenvalue weighted by Crippen LogP contribution is 2.17. The second-order valence-electron chi connectivity index (χ2n) is 9.35. The van der Waals surface area contributed by atoms with Crippen LogP contribution in [0.1, 0.15) is 48.7 Å². The van der Waals surface area contributed by atoms with Crippen molar-refractivity contribution in [1.82, 2.24) is 10.0 Å². The highest BCUT2D eigenvalue weighted by Gasteiger charge is 2.25. The molecule has 6 nitrogen and oxygen atoms in total. The number of amides is 1. The molecule has 1 atom stereocenters. The number of ketones is 1. The zero-order chi connectivity index (χ0) is 26.3. The lowest BCUT2D eigenvalue weighted by atomic mass is 9.97. The molecule has 1 amide bonds. The molecule has 2 N–H and O–H groups in total. The summed E-state index contributed by atoms with van der Waals surface area (Å²) in [7, 11) is -3.70. The number of hydrogen-bond donors (Lipinski definition) is 2. The Morgan fingerprint density at radius 3 is 2.08 bits per heavy atom. The molecule has 0 bridgehead atoms. The van der Waals surface area contributed by atoms with Gasteiger partial charge in [-0.25, -0.2) is 17.5 Å². The number of halogens is 1. The number of sulfonamides is 1. The maximum absolute atomic E-state index is 13.2. The van der Waals surface area contributed by atoms with Crippen molar-refractivity contribution in [1.29, 1.82) is 0 Å². The van der Waals surface area contributed by atoms with Gasteiger partial charge in [-0.2, -0.15) is 0 Å². The normalized spacial score (nSPS) is 12.7. The number of nitrogens with one attached hydrogen (secondary N) is 2. The maximum Gasteiger partial charge on any atom is 0.251 e. The van der Waals surface area contributed by atoms with E-state index >= 15 is 0 Å². The highest BCUT2D eigenvalue weighted by atomic mass is 32.2. The molecule has 8 heteroatoms. The van der Waals surface area contributed by atoms with Gasteiger partial charge in [0.2, 0.25) is 10.0 Å². The Bertz CT molecular complexity index is 1290. The van der Waals surface area contributed by atoms with E-state index in [1.165, 1.54) is 36.4 Å². The van der Waals surface area contributed by atoms with E-state index in [0.717, 1.165) is 5.56 Å². The first-order valence-electron chi connectivity index (χ1n) is 11.7. The standard InChI is InChI=1S/C28H31FN2O4S/c1-4-28(2,3)31-36(34,35)24-16-10-21(11-17-24)19-26(32)25(18-20-8-6-5-7-9-20)30-27(33)22-12-14-23(29)15-13-22/h5-17,25,31H,4,18-19H2,1-3H3,(H,30,33)/t25-/m0/s1. The number of carbonyl (C=O) groups is 2. The first-order chi connectivity index (χ1) is 17.0. The van der Waals surface area contributed by atoms with Crippen LogP contribution in [0.3, 0.4) is 0 Å². The van der Waals surface area contributed by atoms with Crippen molar-refractivity contribution in [2.75, 3.05) is 0 Å². The SMILES string of the molecule is CCC(C)(C)NS(=O)(=O)c1ccc(CC(=O)[C@H](Cc2ccccc2)NC(=O)c2ccc(F)cc2)cc1. The minimum Gasteiger partial charge on any atom is -0.342 e. The van der Waals surface area contributed by atoms with E-state index in [4.69, 9.17) is 0 Å². The second-order valence-corrected chi connectivity index (χ2v) is 11.0. The third-order valence-corrected chi connectivity index (χ3v) is 7.70. The molecular weight excluding hydrogens is 479 g/mol. The van der Waals surface area contributed by atoms with Crippen molar-refractivity contribution in [2.24, 2.45) is 0 Å². The molecule has 0 radical (unpaired) electrons. The van der Waals surface area contributed by atoms with Gasteiger partial charge in [-0.3, -0.25) is 9.59 Å². The lowest BCUT2D eigenvalue weighted by molar-refractivity contribution is -0.120. The van der Waals surface area contributed by atoms with Crippen LogP contribution in [0.25, 0.3) is 0 Å². The molecule has 36 heavy (non-hydrogen) atoms. The third kappa shape index (κ3) is 7.57. The van der Waals surface area contributed by atoms with Gasteiger partial charge < -0.3 is 5.32 Å². The van der Waals surface area contributed by atoms with Gasteiger partial charge in [0.05, 0.1) is 10.9 Å². The summed E-state index contributed by atoms with van der Waals surface area (Å²) in [6, 6.07) is 19.7. The van der Waals surface area contributed by atoms with Crippen molar-refractivity contribution < 1.29 is 22.4 Å². The van der Waals surface area contributed by atoms with Crippen LogP contribution in [0.4, 0.5) is 4.39 Å². The Balaban J connectivity index is 1.76. The minimum absolute atomic E-state index is 0.00933. The number of benzene rings is 3. The molecule has 3 aromatic carbocycles. The summed E-state index contributed by atoms with van der Waals surface area (Å²) in [5.41, 5.74) is 1.17. The van der Waals surface area contributed by atoms with Crippen molar-refractivity contribution in [3.05, 3.63) is 101 Å². The Labute approximate surface area is 212 Å². The van der Waals surface area contributed by atoms with Gasteiger partial charge >= 0.3 is 0 Å². The van der Waals surface area contributed by atoms with Crippen LogP contribution >= 0.6 is 0 Å². The van der Waals surface area contributed by atoms with E-state index in [1.54, 1.807) is 12.1 Å². The molecule has 0 heterocycles. The van der Waals surface area contributed by atoms with Gasteiger partial charge in [-0.15, -0.1) is 0 Å². The van der Waals surface area contributed by atoms with E-state index in [1.807, 2.05) is 51.1 Å². The van der Waals surface area contributed by atoms with Crippen LogP contribution in [-0.4, -0.2) is 31.7 Å². The van der Waals surface area contributed by atoms with Gasteiger partial charge in [0, 0.05) is 17.5 Å². The van der Waals surface area contributed by atoms with Crippen LogP contribution in [0, 0.1) is 5.82 Å². The van der Waals surface area contributed by atoms with E-state index < -0.39 is 33.3 Å². The Kier molecular flexibility index (Phi) is 8.76. The van der Waals surface area contributed by atoms with Crippen LogP contribution in [0.5, 0.6) is 0 Å². The summed E-state index contributed by atoms with van der Waals surface area (Å²) in [4.78, 5) is 26.1. The van der Waals surface area contributed by atoms with Gasteiger partial charge in [0.1, 0.15) is 5.82 Å². The van der Waals surface area contributed by atoms with Gasteiger partial charge in [-0.1, -0.05) is 49.4 Å². The summed E-state index contributed by atoms with van der Waals surface area (Å²) >= 11 is 0. The zero-order valence-electron chi connectivity index (χ0n) is 20.6. The summed E-state index contributed by atoms with van der Waals surface area (Å²) in [5, 5.41) is 2.77. The van der Waals surface area contributed by atoms with E-state index in [9.17, 15) is 22.4 Å². The van der Waals surface area contributed by atoms with Gasteiger partial charge in [0.15, 0.2) is 5.78 Å². The van der Waals surface area contributed by atoms with Crippen LogP contribution < -0.4 is 10.0 Å². The largest absolute Gasteiger partial charge is 0.342 e. The highest BCUT2D eigenvalue weighted by molar-refractivity contribution is 7.89. The first kappa shape index (κ1) is 27.2. The molecule has 0 unspecified atom stereocenters. The topological polar surface area (TPSA) is 92.3 Å². The number of hydrogen-bond acceptors (Lipinski definition) is 4. The van der Waals surface area contributed by atoms with Gasteiger partial charge in [-0.05, 0) is 74.2 Å². The molecule has 3 rings (SSSR count). The summed E-state index contributed by atoms with van der Waals surface area (Å²) < 4.78 is 41.3. The zero-order valence-corrected chi connectivity index (χ0v) is 21.4. The van der Waals surface area contributed by atoms with Crippen LogP contribution in [0.2, 0.25) is 0 Å². The molecule has 0 spiro atoms. The maximum atomic E-state index is 13.2. The lowest BCUT2D eigenvalue weighted by Crippen LogP contribution is -2.43. The Morgan fingerprint density at radius 2 is 1.50 bits per heavy atom. The number of Topliss-reactive ketones (excluding diaryl/α,β-unsaturated/α-hetero) is 1. The van der Waals surface area contributed by atoms with Crippen molar-refractivity contribution >= 4 is 21.7 Å². The molecule has 190 valence electrons. The fourth-order valence-corrected chi connectivity index (χ4v) is 5.03. The van der Waals surface area contributed by atoms with E-state index in [0.29, 0.717) is 12.0 Å². The number of rotatable bonds is 11. The molecule has 0 aliphatic carbocycles. The number of carbonyl (C=O) groups excluding carboxylic acids is 2. The molecular formula is C28H31FN2O4S. The van der Waals surface area contributed by atoms with Crippen molar-refractivity contribution in [2.45, 2.75) is 56.5 Å². The predicted molar refractivity (Wildman–Crippen MR) is 138 cm³/mol. The summed E-state index contributed by atoms with van der Waals surface area (Å²) in [6.45, 7) is 5.52. The van der Waals surface area contributed by atoms with Crippen molar-refractivity contribution in [3.63, 3.8) is 0 Å². The monoisotopic (exact) mass is 510 g/mol. The molecule has 0 saturated carbocycles. The fraction of sp³-hybridized carbons (Fsp3) is 0.286. The molecule has 0 aromatic heterocycles. The minimum atomic E-state index is -3.70. The van der Waals surface area contributed by atoms with Crippen molar-refractivity contribution in [3.8, 4) is 0 Å². The molecule has 3 aromatic rings. The Hall–Kier alpha value is -3.36. The van der Waals surface area contributed by atoms with Crippen LogP contribution in [0.15, 0.2) is 83.8 Å². The smallest absolute Gasteiger partial charge is 0.251 e. The molecule has 0 aliphatic heterocycles. The third-order valence-electron chi connectivity index (χ3n) is 5.99.